The fourth-order valence-electron chi connectivity index (χ4n) is 3.74. The first-order chi connectivity index (χ1) is 15.0. The summed E-state index contributed by atoms with van der Waals surface area (Å²) in [7, 11) is 0. The largest absolute Gasteiger partial charge is 0.454 e. The van der Waals surface area contributed by atoms with Crippen LogP contribution >= 0.6 is 11.3 Å². The van der Waals surface area contributed by atoms with Crippen molar-refractivity contribution in [2.24, 2.45) is 0 Å². The van der Waals surface area contributed by atoms with Crippen molar-refractivity contribution in [3.8, 4) is 17.2 Å². The summed E-state index contributed by atoms with van der Waals surface area (Å²) in [5, 5.41) is 0. The Bertz CT molecular complexity index is 1340. The van der Waals surface area contributed by atoms with Crippen molar-refractivity contribution < 1.29 is 23.8 Å². The first-order valence-electron chi connectivity index (χ1n) is 9.64. The summed E-state index contributed by atoms with van der Waals surface area (Å²) in [5.41, 5.74) is 5.99. The van der Waals surface area contributed by atoms with Gasteiger partial charge in [0.05, 0.1) is 21.3 Å². The fraction of sp³-hybridized carbons (Fsp3) is 0.174. The minimum absolute atomic E-state index is 0.202. The predicted octanol–water partition coefficient (Wildman–Crippen LogP) is 4.47. The van der Waals surface area contributed by atoms with Gasteiger partial charge in [-0.15, -0.1) is 11.3 Å². The van der Waals surface area contributed by atoms with Gasteiger partial charge in [0, 0.05) is 28.7 Å². The van der Waals surface area contributed by atoms with Gasteiger partial charge in [-0.3, -0.25) is 4.79 Å². The summed E-state index contributed by atoms with van der Waals surface area (Å²) in [6, 6.07) is 12.6. The van der Waals surface area contributed by atoms with Crippen LogP contribution in [0.5, 0.6) is 11.5 Å². The van der Waals surface area contributed by atoms with E-state index in [1.54, 1.807) is 29.8 Å². The van der Waals surface area contributed by atoms with Gasteiger partial charge in [-0.2, -0.15) is 0 Å². The lowest BCUT2D eigenvalue weighted by molar-refractivity contribution is 0.0474. The van der Waals surface area contributed by atoms with E-state index in [-0.39, 0.29) is 19.2 Å². The number of benzene rings is 2. The highest BCUT2D eigenvalue weighted by Gasteiger charge is 2.21. The first-order valence-corrected chi connectivity index (χ1v) is 10.5. The molecule has 0 amide bonds. The third-order valence-electron chi connectivity index (χ3n) is 5.25. The highest BCUT2D eigenvalue weighted by atomic mass is 32.1. The second kappa shape index (κ2) is 7.55. The van der Waals surface area contributed by atoms with E-state index in [0.29, 0.717) is 22.6 Å². The number of fused-ring (bicyclic) bond motifs is 2. The molecule has 0 saturated carbocycles. The number of carbonyl (C=O) groups excluding carboxylic acids is 2. The molecule has 0 unspecified atom stereocenters. The van der Waals surface area contributed by atoms with Crippen LogP contribution in [0.15, 0.2) is 48.0 Å². The maximum Gasteiger partial charge on any atom is 0.338 e. The highest BCUT2D eigenvalue weighted by Crippen LogP contribution is 2.35. The lowest BCUT2D eigenvalue weighted by atomic mass is 10.1. The number of rotatable bonds is 5. The standard InChI is InChI=1S/C23H18N2O5S/c1-13-7-17(14(2)25(13)16-4-6-20-21(9-16)30-12-29-20)19(26)10-28-23(27)15-3-5-18-22(8-15)31-11-24-18/h3-9,11H,10,12H2,1-2H3. The molecule has 0 bridgehead atoms. The Morgan fingerprint density at radius 3 is 2.81 bits per heavy atom. The molecule has 1 aliphatic rings. The van der Waals surface area contributed by atoms with Crippen molar-refractivity contribution >= 4 is 33.3 Å². The van der Waals surface area contributed by atoms with E-state index in [4.69, 9.17) is 14.2 Å². The van der Waals surface area contributed by atoms with Crippen molar-refractivity contribution in [3.05, 3.63) is 70.5 Å². The lowest BCUT2D eigenvalue weighted by Crippen LogP contribution is -2.15. The van der Waals surface area contributed by atoms with E-state index >= 15 is 0 Å². The molecule has 4 aromatic rings. The Labute approximate surface area is 181 Å². The Morgan fingerprint density at radius 2 is 1.94 bits per heavy atom. The maximum absolute atomic E-state index is 12.8. The van der Waals surface area contributed by atoms with Crippen LogP contribution in [-0.2, 0) is 4.74 Å². The zero-order chi connectivity index (χ0) is 21.5. The Hall–Kier alpha value is -3.65. The number of nitrogens with zero attached hydrogens (tertiary/aromatic N) is 2. The third kappa shape index (κ3) is 3.44. The normalized spacial score (nSPS) is 12.3. The smallest absolute Gasteiger partial charge is 0.338 e. The van der Waals surface area contributed by atoms with Gasteiger partial charge >= 0.3 is 5.97 Å². The molecule has 8 heteroatoms. The van der Waals surface area contributed by atoms with Crippen LogP contribution < -0.4 is 9.47 Å². The number of ether oxygens (including phenoxy) is 3. The molecular formula is C23H18N2O5S. The molecule has 156 valence electrons. The van der Waals surface area contributed by atoms with Crippen LogP contribution in [0.2, 0.25) is 0 Å². The number of thiazole rings is 1. The number of aryl methyl sites for hydroxylation is 1. The molecular weight excluding hydrogens is 416 g/mol. The molecule has 0 spiro atoms. The number of carbonyl (C=O) groups is 2. The van der Waals surface area contributed by atoms with Crippen LogP contribution in [0.4, 0.5) is 0 Å². The van der Waals surface area contributed by atoms with Gasteiger partial charge in [0.2, 0.25) is 12.6 Å². The van der Waals surface area contributed by atoms with Gasteiger partial charge in [0.15, 0.2) is 18.1 Å². The number of hydrogen-bond donors (Lipinski definition) is 0. The Morgan fingerprint density at radius 1 is 1.10 bits per heavy atom. The second-order valence-corrected chi connectivity index (χ2v) is 8.08. The quantitative estimate of drug-likeness (QED) is 0.341. The summed E-state index contributed by atoms with van der Waals surface area (Å²) in [6.45, 7) is 3.66. The van der Waals surface area contributed by atoms with Gasteiger partial charge in [0.1, 0.15) is 0 Å². The monoisotopic (exact) mass is 434 g/mol. The van der Waals surface area contributed by atoms with Gasteiger partial charge < -0.3 is 18.8 Å². The molecule has 7 nitrogen and oxygen atoms in total. The van der Waals surface area contributed by atoms with E-state index in [9.17, 15) is 9.59 Å². The molecule has 5 rings (SSSR count). The molecule has 2 aromatic heterocycles. The van der Waals surface area contributed by atoms with Crippen LogP contribution in [0.3, 0.4) is 0 Å². The van der Waals surface area contributed by atoms with Crippen molar-refractivity contribution in [2.45, 2.75) is 13.8 Å². The van der Waals surface area contributed by atoms with Crippen LogP contribution in [-0.4, -0.2) is 34.7 Å². The van der Waals surface area contributed by atoms with Crippen LogP contribution in [0, 0.1) is 13.8 Å². The fourth-order valence-corrected chi connectivity index (χ4v) is 4.46. The van der Waals surface area contributed by atoms with Crippen molar-refractivity contribution in [3.63, 3.8) is 0 Å². The molecule has 31 heavy (non-hydrogen) atoms. The zero-order valence-electron chi connectivity index (χ0n) is 16.9. The Balaban J connectivity index is 1.34. The summed E-state index contributed by atoms with van der Waals surface area (Å²) in [5.74, 6) is 0.580. The summed E-state index contributed by atoms with van der Waals surface area (Å²) >= 11 is 1.45. The van der Waals surface area contributed by atoms with Gasteiger partial charge in [-0.25, -0.2) is 9.78 Å². The van der Waals surface area contributed by atoms with Crippen molar-refractivity contribution in [1.29, 1.82) is 0 Å². The minimum Gasteiger partial charge on any atom is -0.454 e. The molecule has 0 saturated heterocycles. The second-order valence-electron chi connectivity index (χ2n) is 7.19. The van der Waals surface area contributed by atoms with E-state index in [0.717, 1.165) is 27.3 Å². The van der Waals surface area contributed by atoms with Crippen LogP contribution in [0.1, 0.15) is 32.1 Å². The molecule has 1 aliphatic heterocycles. The zero-order valence-corrected chi connectivity index (χ0v) is 17.7. The molecule has 2 aromatic carbocycles. The molecule has 0 atom stereocenters. The molecule has 0 radical (unpaired) electrons. The molecule has 0 aliphatic carbocycles. The molecule has 3 heterocycles. The van der Waals surface area contributed by atoms with Crippen molar-refractivity contribution in [2.75, 3.05) is 13.4 Å². The van der Waals surface area contributed by atoms with Gasteiger partial charge in [-0.1, -0.05) is 0 Å². The number of aromatic nitrogens is 2. The highest BCUT2D eigenvalue weighted by molar-refractivity contribution is 7.16. The summed E-state index contributed by atoms with van der Waals surface area (Å²) < 4.78 is 19.0. The average Bonchev–Trinajstić information content (AvgIpc) is 3.49. The lowest BCUT2D eigenvalue weighted by Gasteiger charge is -2.11. The van der Waals surface area contributed by atoms with E-state index in [1.165, 1.54) is 11.3 Å². The van der Waals surface area contributed by atoms with Crippen LogP contribution in [0.25, 0.3) is 15.9 Å². The summed E-state index contributed by atoms with van der Waals surface area (Å²) in [6.07, 6.45) is 0. The first kappa shape index (κ1) is 19.3. The van der Waals surface area contributed by atoms with E-state index < -0.39 is 5.97 Å². The van der Waals surface area contributed by atoms with E-state index in [2.05, 4.69) is 4.98 Å². The Kier molecular flexibility index (Phi) is 4.71. The molecule has 0 N–H and O–H groups in total. The average molecular weight is 434 g/mol. The minimum atomic E-state index is -0.534. The number of hydrogen-bond acceptors (Lipinski definition) is 7. The summed E-state index contributed by atoms with van der Waals surface area (Å²) in [4.78, 5) is 29.4. The number of ketones is 1. The maximum atomic E-state index is 12.8. The SMILES string of the molecule is Cc1cc(C(=O)COC(=O)c2ccc3ncsc3c2)c(C)n1-c1ccc2c(c1)OCO2. The topological polar surface area (TPSA) is 79.7 Å². The predicted molar refractivity (Wildman–Crippen MR) is 116 cm³/mol. The third-order valence-corrected chi connectivity index (χ3v) is 6.04. The van der Waals surface area contributed by atoms with Gasteiger partial charge in [0.25, 0.3) is 0 Å². The molecule has 0 fully saturated rings. The number of esters is 1. The van der Waals surface area contributed by atoms with Crippen molar-refractivity contribution in [1.82, 2.24) is 9.55 Å². The number of Topliss-reactive ketones (excluding diaryl/α,β-unsaturated/α-hetero) is 1. The van der Waals surface area contributed by atoms with Gasteiger partial charge in [-0.05, 0) is 50.2 Å². The van der Waals surface area contributed by atoms with E-state index in [1.807, 2.05) is 36.6 Å².